The second-order valence-electron chi connectivity index (χ2n) is 3.99. The van der Waals surface area contributed by atoms with Crippen molar-refractivity contribution in [1.29, 1.82) is 0 Å². The van der Waals surface area contributed by atoms with Gasteiger partial charge in [0.25, 0.3) is 10.0 Å². The van der Waals surface area contributed by atoms with Gasteiger partial charge in [-0.3, -0.25) is 4.72 Å². The average Bonchev–Trinajstić information content (AvgIpc) is 2.47. The topological polar surface area (TPSA) is 106 Å². The molecule has 0 aliphatic rings. The van der Waals surface area contributed by atoms with Gasteiger partial charge in [0.15, 0.2) is 5.69 Å². The van der Waals surface area contributed by atoms with E-state index in [2.05, 4.69) is 9.71 Å². The van der Waals surface area contributed by atoms with E-state index in [0.717, 1.165) is 0 Å². The number of pyridine rings is 1. The standard InChI is InChI=1S/C13H12N2O5S/c1-20-9-5-7-10(8-6-9)21(18,19)15-12-4-2-3-11(14-12)13(16)17/h2-8H,1H3,(H,14,15)(H,16,17). The molecule has 8 heteroatoms. The molecular formula is C13H12N2O5S. The summed E-state index contributed by atoms with van der Waals surface area (Å²) in [6, 6.07) is 9.82. The lowest BCUT2D eigenvalue weighted by Gasteiger charge is -2.08. The number of nitrogens with zero attached hydrogens (tertiary/aromatic N) is 1. The first-order valence-electron chi connectivity index (χ1n) is 5.79. The van der Waals surface area contributed by atoms with Gasteiger partial charge in [0.05, 0.1) is 12.0 Å². The number of carboxylic acids is 1. The summed E-state index contributed by atoms with van der Waals surface area (Å²) in [5, 5.41) is 8.83. The number of hydrogen-bond donors (Lipinski definition) is 2. The van der Waals surface area contributed by atoms with Crippen LogP contribution in [0.1, 0.15) is 10.5 Å². The van der Waals surface area contributed by atoms with E-state index in [9.17, 15) is 13.2 Å². The van der Waals surface area contributed by atoms with Gasteiger partial charge in [-0.15, -0.1) is 0 Å². The summed E-state index contributed by atoms with van der Waals surface area (Å²) in [5.41, 5.74) is -0.245. The molecule has 0 saturated heterocycles. The highest BCUT2D eigenvalue weighted by molar-refractivity contribution is 7.92. The number of benzene rings is 1. The van der Waals surface area contributed by atoms with Crippen LogP contribution in [0.2, 0.25) is 0 Å². The Hall–Kier alpha value is -2.61. The number of ether oxygens (including phenoxy) is 1. The van der Waals surface area contributed by atoms with Crippen molar-refractivity contribution < 1.29 is 23.1 Å². The first-order chi connectivity index (χ1) is 9.92. The maximum atomic E-state index is 12.1. The maximum Gasteiger partial charge on any atom is 0.354 e. The van der Waals surface area contributed by atoms with Crippen molar-refractivity contribution in [2.75, 3.05) is 11.8 Å². The molecule has 7 nitrogen and oxygen atoms in total. The van der Waals surface area contributed by atoms with Crippen molar-refractivity contribution in [3.8, 4) is 5.75 Å². The molecule has 0 radical (unpaired) electrons. The van der Waals surface area contributed by atoms with Crippen molar-refractivity contribution >= 4 is 21.8 Å². The Morgan fingerprint density at radius 3 is 2.43 bits per heavy atom. The van der Waals surface area contributed by atoms with Gasteiger partial charge in [0.2, 0.25) is 0 Å². The van der Waals surface area contributed by atoms with Gasteiger partial charge in [-0.25, -0.2) is 18.2 Å². The van der Waals surface area contributed by atoms with Crippen LogP contribution in [0.25, 0.3) is 0 Å². The van der Waals surface area contributed by atoms with Gasteiger partial charge in [0.1, 0.15) is 11.6 Å². The molecule has 1 aromatic carbocycles. The number of sulfonamides is 1. The second kappa shape index (κ2) is 5.80. The molecular weight excluding hydrogens is 296 g/mol. The number of aromatic nitrogens is 1. The molecule has 2 rings (SSSR count). The molecule has 0 amide bonds. The van der Waals surface area contributed by atoms with Gasteiger partial charge in [-0.05, 0) is 36.4 Å². The number of hydrogen-bond acceptors (Lipinski definition) is 5. The van der Waals surface area contributed by atoms with Gasteiger partial charge < -0.3 is 9.84 Å². The number of methoxy groups -OCH3 is 1. The van der Waals surface area contributed by atoms with Crippen molar-refractivity contribution in [1.82, 2.24) is 4.98 Å². The summed E-state index contributed by atoms with van der Waals surface area (Å²) in [4.78, 5) is 14.5. The maximum absolute atomic E-state index is 12.1. The Labute approximate surface area is 121 Å². The predicted octanol–water partition coefficient (Wildman–Crippen LogP) is 1.59. The van der Waals surface area contributed by atoms with Gasteiger partial charge >= 0.3 is 5.97 Å². The lowest BCUT2D eigenvalue weighted by Crippen LogP contribution is -2.15. The minimum absolute atomic E-state index is 0.0193. The Bertz CT molecular complexity index is 756. The van der Waals surface area contributed by atoms with Crippen molar-refractivity contribution in [2.24, 2.45) is 0 Å². The molecule has 0 saturated carbocycles. The molecule has 0 unspecified atom stereocenters. The predicted molar refractivity (Wildman–Crippen MR) is 75.0 cm³/mol. The van der Waals surface area contributed by atoms with Crippen LogP contribution in [0.5, 0.6) is 5.75 Å². The number of aromatic carboxylic acids is 1. The zero-order valence-electron chi connectivity index (χ0n) is 11.0. The quantitative estimate of drug-likeness (QED) is 0.869. The van der Waals surface area contributed by atoms with Gasteiger partial charge in [-0.2, -0.15) is 0 Å². The summed E-state index contributed by atoms with van der Waals surface area (Å²) in [6.45, 7) is 0. The summed E-state index contributed by atoms with van der Waals surface area (Å²) < 4.78 is 31.5. The fraction of sp³-hybridized carbons (Fsp3) is 0.0769. The molecule has 0 atom stereocenters. The van der Waals surface area contributed by atoms with Crippen LogP contribution in [0.3, 0.4) is 0 Å². The summed E-state index contributed by atoms with van der Waals surface area (Å²) in [7, 11) is -2.37. The molecule has 2 N–H and O–H groups in total. The zero-order valence-corrected chi connectivity index (χ0v) is 11.8. The van der Waals surface area contributed by atoms with E-state index in [-0.39, 0.29) is 16.4 Å². The number of rotatable bonds is 5. The van der Waals surface area contributed by atoms with Crippen molar-refractivity contribution in [3.63, 3.8) is 0 Å². The van der Waals surface area contributed by atoms with E-state index in [0.29, 0.717) is 5.75 Å². The molecule has 0 aliphatic carbocycles. The molecule has 1 aromatic heterocycles. The molecule has 0 spiro atoms. The van der Waals surface area contributed by atoms with Crippen LogP contribution >= 0.6 is 0 Å². The van der Waals surface area contributed by atoms with Crippen LogP contribution in [0.15, 0.2) is 47.4 Å². The molecule has 2 aromatic rings. The zero-order chi connectivity index (χ0) is 15.5. The molecule has 0 aliphatic heterocycles. The van der Waals surface area contributed by atoms with E-state index in [1.54, 1.807) is 0 Å². The fourth-order valence-corrected chi connectivity index (χ4v) is 2.56. The van der Waals surface area contributed by atoms with Gasteiger partial charge in [-0.1, -0.05) is 6.07 Å². The molecule has 0 bridgehead atoms. The number of nitrogens with one attached hydrogen (secondary N) is 1. The Morgan fingerprint density at radius 1 is 1.19 bits per heavy atom. The highest BCUT2D eigenvalue weighted by Gasteiger charge is 2.15. The minimum Gasteiger partial charge on any atom is -0.497 e. The molecule has 1 heterocycles. The third-order valence-electron chi connectivity index (χ3n) is 2.58. The number of carbonyl (C=O) groups is 1. The lowest BCUT2D eigenvalue weighted by molar-refractivity contribution is 0.0690. The van der Waals surface area contributed by atoms with Crippen LogP contribution in [0.4, 0.5) is 5.82 Å². The van der Waals surface area contributed by atoms with E-state index in [1.165, 1.54) is 49.6 Å². The monoisotopic (exact) mass is 308 g/mol. The van der Waals surface area contributed by atoms with Gasteiger partial charge in [0, 0.05) is 0 Å². The SMILES string of the molecule is COc1ccc(S(=O)(=O)Nc2cccc(C(=O)O)n2)cc1. The van der Waals surface area contributed by atoms with E-state index in [4.69, 9.17) is 9.84 Å². The summed E-state index contributed by atoms with van der Waals surface area (Å²) in [6.07, 6.45) is 0. The summed E-state index contributed by atoms with van der Waals surface area (Å²) in [5.74, 6) is -0.772. The first kappa shape index (κ1) is 14.8. The van der Waals surface area contributed by atoms with Crippen molar-refractivity contribution in [3.05, 3.63) is 48.2 Å². The third kappa shape index (κ3) is 3.48. The van der Waals surface area contributed by atoms with E-state index in [1.807, 2.05) is 0 Å². The van der Waals surface area contributed by atoms with Crippen LogP contribution < -0.4 is 9.46 Å². The van der Waals surface area contributed by atoms with Crippen molar-refractivity contribution in [2.45, 2.75) is 4.90 Å². The van der Waals surface area contributed by atoms with E-state index < -0.39 is 16.0 Å². The fourth-order valence-electron chi connectivity index (χ4n) is 1.56. The van der Waals surface area contributed by atoms with Crippen LogP contribution in [0, 0.1) is 0 Å². The second-order valence-corrected chi connectivity index (χ2v) is 5.68. The number of anilines is 1. The Balaban J connectivity index is 2.28. The minimum atomic E-state index is -3.84. The molecule has 21 heavy (non-hydrogen) atoms. The van der Waals surface area contributed by atoms with Crippen LogP contribution in [-0.2, 0) is 10.0 Å². The first-order valence-corrected chi connectivity index (χ1v) is 7.28. The third-order valence-corrected chi connectivity index (χ3v) is 3.95. The van der Waals surface area contributed by atoms with Crippen LogP contribution in [-0.4, -0.2) is 31.6 Å². The molecule has 110 valence electrons. The average molecular weight is 308 g/mol. The molecule has 0 fully saturated rings. The largest absolute Gasteiger partial charge is 0.497 e. The summed E-state index contributed by atoms with van der Waals surface area (Å²) >= 11 is 0. The highest BCUT2D eigenvalue weighted by atomic mass is 32.2. The Morgan fingerprint density at radius 2 is 1.86 bits per heavy atom. The highest BCUT2D eigenvalue weighted by Crippen LogP contribution is 2.18. The normalized spacial score (nSPS) is 10.9. The van der Waals surface area contributed by atoms with E-state index >= 15 is 0 Å². The Kier molecular flexibility index (Phi) is 4.08. The smallest absolute Gasteiger partial charge is 0.354 e. The lowest BCUT2D eigenvalue weighted by atomic mass is 10.3. The number of carboxylic acid groups (broad SMARTS) is 1.